The number of aliphatic hydroxyl groups is 2. The van der Waals surface area contributed by atoms with Crippen LogP contribution in [-0.2, 0) is 0 Å². The van der Waals surface area contributed by atoms with Crippen LogP contribution < -0.4 is 0 Å². The topological polar surface area (TPSA) is 40.5 Å². The zero-order chi connectivity index (χ0) is 15.8. The molecule has 2 nitrogen and oxygen atoms in total. The highest BCUT2D eigenvalue weighted by atomic mass is 16.3. The highest BCUT2D eigenvalue weighted by Crippen LogP contribution is 2.50. The van der Waals surface area contributed by atoms with Gasteiger partial charge in [0.25, 0.3) is 0 Å². The lowest BCUT2D eigenvalue weighted by Gasteiger charge is -2.45. The molecule has 0 radical (unpaired) electrons. The minimum atomic E-state index is -0.232. The smallest absolute Gasteiger partial charge is 0.0626 e. The second-order valence-corrected chi connectivity index (χ2v) is 9.24. The van der Waals surface area contributed by atoms with Gasteiger partial charge in [-0.25, -0.2) is 0 Å². The van der Waals surface area contributed by atoms with E-state index < -0.39 is 0 Å². The molecule has 23 heavy (non-hydrogen) atoms. The molecule has 0 bridgehead atoms. The first-order valence-corrected chi connectivity index (χ1v) is 10.6. The summed E-state index contributed by atoms with van der Waals surface area (Å²) >= 11 is 0. The number of hydrogen-bond donors (Lipinski definition) is 2. The summed E-state index contributed by atoms with van der Waals surface area (Å²) in [6, 6.07) is 0. The minimum absolute atomic E-state index is 0.183. The van der Waals surface area contributed by atoms with Crippen LogP contribution in [0.1, 0.15) is 83.5 Å². The van der Waals surface area contributed by atoms with Gasteiger partial charge in [-0.15, -0.1) is 0 Å². The van der Waals surface area contributed by atoms with Crippen LogP contribution in [0.5, 0.6) is 0 Å². The SMILES string of the molecule is OC1C2C(CCC[C@@H]1C1CCCC1)CC[C@H](C1CCCC1)C2O. The lowest BCUT2D eigenvalue weighted by molar-refractivity contribution is -0.104. The summed E-state index contributed by atoms with van der Waals surface area (Å²) in [6.45, 7) is 0. The molecule has 6 atom stereocenters. The van der Waals surface area contributed by atoms with E-state index in [0.717, 1.165) is 11.8 Å². The monoisotopic (exact) mass is 320 g/mol. The first-order chi connectivity index (χ1) is 11.3. The Morgan fingerprint density at radius 1 is 0.435 bits per heavy atom. The first-order valence-electron chi connectivity index (χ1n) is 10.6. The Bertz CT molecular complexity index is 383. The predicted molar refractivity (Wildman–Crippen MR) is 93.0 cm³/mol. The van der Waals surface area contributed by atoms with Crippen molar-refractivity contribution in [1.29, 1.82) is 0 Å². The lowest BCUT2D eigenvalue weighted by Crippen LogP contribution is -2.49. The van der Waals surface area contributed by atoms with Crippen molar-refractivity contribution < 1.29 is 10.2 Å². The molecule has 4 unspecified atom stereocenters. The van der Waals surface area contributed by atoms with Crippen molar-refractivity contribution in [3.63, 3.8) is 0 Å². The molecule has 2 heteroatoms. The Morgan fingerprint density at radius 3 is 1.48 bits per heavy atom. The molecule has 4 rings (SSSR count). The van der Waals surface area contributed by atoms with Crippen LogP contribution in [0.3, 0.4) is 0 Å². The lowest BCUT2D eigenvalue weighted by atomic mass is 9.63. The molecule has 4 fully saturated rings. The molecule has 4 aliphatic carbocycles. The summed E-state index contributed by atoms with van der Waals surface area (Å²) < 4.78 is 0. The summed E-state index contributed by atoms with van der Waals surface area (Å²) in [5.74, 6) is 3.21. The van der Waals surface area contributed by atoms with Crippen molar-refractivity contribution in [3.8, 4) is 0 Å². The molecule has 0 spiro atoms. The zero-order valence-corrected chi connectivity index (χ0v) is 14.7. The minimum Gasteiger partial charge on any atom is -0.392 e. The van der Waals surface area contributed by atoms with Crippen molar-refractivity contribution in [3.05, 3.63) is 0 Å². The van der Waals surface area contributed by atoms with E-state index in [1.165, 1.54) is 83.5 Å². The quantitative estimate of drug-likeness (QED) is 0.784. The molecular formula is C21H36O2. The van der Waals surface area contributed by atoms with Crippen LogP contribution in [0.2, 0.25) is 0 Å². The Morgan fingerprint density at radius 2 is 0.913 bits per heavy atom. The Kier molecular flexibility index (Phi) is 5.02. The summed E-state index contributed by atoms with van der Waals surface area (Å²) in [4.78, 5) is 0. The molecule has 0 aromatic rings. The van der Waals surface area contributed by atoms with Crippen LogP contribution in [0.4, 0.5) is 0 Å². The highest BCUT2D eigenvalue weighted by Gasteiger charge is 2.48. The van der Waals surface area contributed by atoms with E-state index in [1.54, 1.807) is 0 Å². The molecule has 0 saturated heterocycles. The van der Waals surface area contributed by atoms with E-state index in [1.807, 2.05) is 0 Å². The summed E-state index contributed by atoms with van der Waals surface area (Å²) in [5, 5.41) is 22.5. The highest BCUT2D eigenvalue weighted by molar-refractivity contribution is 4.98. The molecule has 0 amide bonds. The maximum Gasteiger partial charge on any atom is 0.0626 e. The van der Waals surface area contributed by atoms with Crippen LogP contribution in [0.15, 0.2) is 0 Å². The van der Waals surface area contributed by atoms with Gasteiger partial charge in [-0.1, -0.05) is 57.8 Å². The molecule has 0 heterocycles. The van der Waals surface area contributed by atoms with Gasteiger partial charge in [-0.2, -0.15) is 0 Å². The molecular weight excluding hydrogens is 284 g/mol. The largest absolute Gasteiger partial charge is 0.392 e. The third kappa shape index (κ3) is 3.11. The zero-order valence-electron chi connectivity index (χ0n) is 14.7. The summed E-state index contributed by atoms with van der Waals surface area (Å²) in [7, 11) is 0. The fourth-order valence-corrected chi connectivity index (χ4v) is 7.02. The van der Waals surface area contributed by atoms with Crippen LogP contribution in [-0.4, -0.2) is 22.4 Å². The standard InChI is InChI=1S/C21H36O2/c22-20-17(14-6-1-2-7-14)11-5-10-16-12-13-18(21(23)19(16)20)15-8-3-4-9-15/h14-23H,1-13H2/t16?,17-,18-,19?,20?,21?/m1/s1. The van der Waals surface area contributed by atoms with E-state index in [4.69, 9.17) is 0 Å². The molecule has 132 valence electrons. The normalized spacial score (nSPS) is 46.7. The van der Waals surface area contributed by atoms with Crippen molar-refractivity contribution in [2.75, 3.05) is 0 Å². The van der Waals surface area contributed by atoms with Gasteiger partial charge in [0.1, 0.15) is 0 Å². The van der Waals surface area contributed by atoms with Crippen LogP contribution >= 0.6 is 0 Å². The maximum atomic E-state index is 11.3. The molecule has 0 aromatic carbocycles. The maximum absolute atomic E-state index is 11.3. The summed E-state index contributed by atoms with van der Waals surface area (Å²) in [5.41, 5.74) is 0. The van der Waals surface area contributed by atoms with Gasteiger partial charge in [0.05, 0.1) is 12.2 Å². The van der Waals surface area contributed by atoms with Crippen molar-refractivity contribution in [2.24, 2.45) is 35.5 Å². The van der Waals surface area contributed by atoms with Gasteiger partial charge in [0.2, 0.25) is 0 Å². The fraction of sp³-hybridized carbons (Fsp3) is 1.00. The van der Waals surface area contributed by atoms with Gasteiger partial charge in [0.15, 0.2) is 0 Å². The van der Waals surface area contributed by atoms with Crippen molar-refractivity contribution in [2.45, 2.75) is 95.7 Å². The number of aliphatic hydroxyl groups excluding tert-OH is 2. The van der Waals surface area contributed by atoms with E-state index in [2.05, 4.69) is 0 Å². The Hall–Kier alpha value is -0.0800. The number of hydrogen-bond acceptors (Lipinski definition) is 2. The van der Waals surface area contributed by atoms with Crippen molar-refractivity contribution >= 4 is 0 Å². The average Bonchev–Trinajstić information content (AvgIpc) is 3.22. The molecule has 0 aromatic heterocycles. The van der Waals surface area contributed by atoms with E-state index in [0.29, 0.717) is 17.8 Å². The van der Waals surface area contributed by atoms with E-state index in [-0.39, 0.29) is 18.1 Å². The Balaban J connectivity index is 1.52. The second kappa shape index (κ2) is 7.04. The van der Waals surface area contributed by atoms with Gasteiger partial charge in [0, 0.05) is 5.92 Å². The van der Waals surface area contributed by atoms with Gasteiger partial charge < -0.3 is 10.2 Å². The van der Waals surface area contributed by atoms with Gasteiger partial charge >= 0.3 is 0 Å². The molecule has 4 saturated carbocycles. The van der Waals surface area contributed by atoms with Crippen molar-refractivity contribution in [1.82, 2.24) is 0 Å². The third-order valence-electron chi connectivity index (χ3n) is 8.20. The average molecular weight is 321 g/mol. The van der Waals surface area contributed by atoms with Gasteiger partial charge in [-0.05, 0) is 55.3 Å². The number of fused-ring (bicyclic) bond motifs is 1. The van der Waals surface area contributed by atoms with Crippen LogP contribution in [0, 0.1) is 35.5 Å². The number of rotatable bonds is 2. The molecule has 0 aliphatic heterocycles. The van der Waals surface area contributed by atoms with Gasteiger partial charge in [-0.3, -0.25) is 0 Å². The van der Waals surface area contributed by atoms with E-state index >= 15 is 0 Å². The fourth-order valence-electron chi connectivity index (χ4n) is 7.02. The Labute approximate surface area is 142 Å². The molecule has 4 aliphatic rings. The second-order valence-electron chi connectivity index (χ2n) is 9.24. The molecule has 2 N–H and O–H groups in total. The summed E-state index contributed by atoms with van der Waals surface area (Å²) in [6.07, 6.45) is 16.5. The predicted octanol–water partition coefficient (Wildman–Crippen LogP) is 4.53. The first kappa shape index (κ1) is 16.4. The third-order valence-corrected chi connectivity index (χ3v) is 8.20. The van der Waals surface area contributed by atoms with E-state index in [9.17, 15) is 10.2 Å². The van der Waals surface area contributed by atoms with Crippen LogP contribution in [0.25, 0.3) is 0 Å².